The highest BCUT2D eigenvalue weighted by atomic mass is 16.5. The Balaban J connectivity index is 1.98. The van der Waals surface area contributed by atoms with Crippen molar-refractivity contribution < 1.29 is 9.26 Å². The van der Waals surface area contributed by atoms with E-state index < -0.39 is 0 Å². The van der Waals surface area contributed by atoms with Gasteiger partial charge in [-0.05, 0) is 49.9 Å². The molecular weight excluding hydrogens is 242 g/mol. The Labute approximate surface area is 111 Å². The van der Waals surface area contributed by atoms with Crippen LogP contribution in [0.25, 0.3) is 11.5 Å². The molecule has 0 bridgehead atoms. The zero-order chi connectivity index (χ0) is 13.4. The molecule has 5 heteroatoms. The highest BCUT2D eigenvalue weighted by molar-refractivity contribution is 5.66. The Morgan fingerprint density at radius 3 is 2.89 bits per heavy atom. The lowest BCUT2D eigenvalue weighted by Gasteiger charge is -2.06. The van der Waals surface area contributed by atoms with E-state index in [1.807, 2.05) is 26.0 Å². The lowest BCUT2D eigenvalue weighted by Crippen LogP contribution is -1.98. The van der Waals surface area contributed by atoms with Gasteiger partial charge in [-0.3, -0.25) is 0 Å². The van der Waals surface area contributed by atoms with Crippen molar-refractivity contribution in [2.45, 2.75) is 32.8 Å². The molecule has 0 amide bonds. The van der Waals surface area contributed by atoms with Gasteiger partial charge in [-0.15, -0.1) is 0 Å². The van der Waals surface area contributed by atoms with Gasteiger partial charge < -0.3 is 15.0 Å². The van der Waals surface area contributed by atoms with Crippen molar-refractivity contribution in [3.8, 4) is 11.5 Å². The summed E-state index contributed by atoms with van der Waals surface area (Å²) in [5, 5.41) is 4.02. The maximum atomic E-state index is 5.88. The quantitative estimate of drug-likeness (QED) is 0.839. The summed E-state index contributed by atoms with van der Waals surface area (Å²) in [4.78, 5) is 4.45. The van der Waals surface area contributed by atoms with Crippen LogP contribution in [0.1, 0.15) is 35.9 Å². The van der Waals surface area contributed by atoms with E-state index in [1.54, 1.807) is 0 Å². The van der Waals surface area contributed by atoms with Gasteiger partial charge in [0.1, 0.15) is 6.10 Å². The van der Waals surface area contributed by atoms with Crippen LogP contribution in [0.15, 0.2) is 16.7 Å². The molecule has 0 aliphatic carbocycles. The van der Waals surface area contributed by atoms with Crippen molar-refractivity contribution in [1.29, 1.82) is 0 Å². The molecule has 3 rings (SSSR count). The number of nitrogens with two attached hydrogens (primary N) is 1. The Morgan fingerprint density at radius 2 is 2.16 bits per heavy atom. The van der Waals surface area contributed by atoms with Gasteiger partial charge in [0, 0.05) is 17.9 Å². The monoisotopic (exact) mass is 259 g/mol. The summed E-state index contributed by atoms with van der Waals surface area (Å²) in [6, 6.07) is 3.81. The van der Waals surface area contributed by atoms with Crippen LogP contribution in [0.5, 0.6) is 0 Å². The van der Waals surface area contributed by atoms with Gasteiger partial charge in [-0.25, -0.2) is 0 Å². The van der Waals surface area contributed by atoms with Gasteiger partial charge in [-0.2, -0.15) is 4.98 Å². The highest BCUT2D eigenvalue weighted by Crippen LogP contribution is 2.31. The molecule has 1 aliphatic rings. The molecule has 5 nitrogen and oxygen atoms in total. The predicted molar refractivity (Wildman–Crippen MR) is 71.5 cm³/mol. The Morgan fingerprint density at radius 1 is 1.32 bits per heavy atom. The molecule has 1 aromatic heterocycles. The second kappa shape index (κ2) is 4.66. The van der Waals surface area contributed by atoms with Gasteiger partial charge in [-0.1, -0.05) is 5.16 Å². The third-order valence-corrected chi connectivity index (χ3v) is 3.58. The summed E-state index contributed by atoms with van der Waals surface area (Å²) in [6.45, 7) is 4.82. The number of anilines is 1. The predicted octanol–water partition coefficient (Wildman–Crippen LogP) is 2.79. The van der Waals surface area contributed by atoms with Crippen LogP contribution in [0.2, 0.25) is 0 Å². The number of nitrogens with zero attached hydrogens (tertiary/aromatic N) is 2. The molecule has 2 aromatic rings. The fourth-order valence-corrected chi connectivity index (χ4v) is 2.37. The summed E-state index contributed by atoms with van der Waals surface area (Å²) >= 11 is 0. The lowest BCUT2D eigenvalue weighted by molar-refractivity contribution is 0.103. The SMILES string of the molecule is Cc1cc(N)cc(-c2nc(C3CCCO3)no2)c1C. The summed E-state index contributed by atoms with van der Waals surface area (Å²) in [6.07, 6.45) is 1.97. The van der Waals surface area contributed by atoms with E-state index in [2.05, 4.69) is 10.1 Å². The molecular formula is C14H17N3O2. The molecule has 2 heterocycles. The normalized spacial score (nSPS) is 18.9. The summed E-state index contributed by atoms with van der Waals surface area (Å²) in [5.74, 6) is 1.14. The minimum atomic E-state index is -0.0278. The van der Waals surface area contributed by atoms with Crippen molar-refractivity contribution in [3.63, 3.8) is 0 Å². The first kappa shape index (κ1) is 12.2. The number of ether oxygens (including phenoxy) is 1. The fourth-order valence-electron chi connectivity index (χ4n) is 2.37. The molecule has 19 heavy (non-hydrogen) atoms. The highest BCUT2D eigenvalue weighted by Gasteiger charge is 2.24. The third-order valence-electron chi connectivity index (χ3n) is 3.58. The van der Waals surface area contributed by atoms with Crippen LogP contribution in [0.3, 0.4) is 0 Å². The number of hydrogen-bond donors (Lipinski definition) is 1. The Hall–Kier alpha value is -1.88. The van der Waals surface area contributed by atoms with E-state index >= 15 is 0 Å². The van der Waals surface area contributed by atoms with Crippen molar-refractivity contribution in [2.24, 2.45) is 0 Å². The molecule has 1 fully saturated rings. The maximum Gasteiger partial charge on any atom is 0.258 e. The van der Waals surface area contributed by atoms with E-state index in [9.17, 15) is 0 Å². The van der Waals surface area contributed by atoms with Crippen LogP contribution < -0.4 is 5.73 Å². The van der Waals surface area contributed by atoms with Gasteiger partial charge in [0.15, 0.2) is 0 Å². The summed E-state index contributed by atoms with van der Waals surface area (Å²) in [7, 11) is 0. The second-order valence-electron chi connectivity index (χ2n) is 4.97. The van der Waals surface area contributed by atoms with Crippen LogP contribution >= 0.6 is 0 Å². The van der Waals surface area contributed by atoms with Gasteiger partial charge in [0.25, 0.3) is 5.89 Å². The van der Waals surface area contributed by atoms with E-state index in [1.165, 1.54) is 0 Å². The standard InChI is InChI=1S/C14H17N3O2/c1-8-6-10(15)7-11(9(8)2)14-16-13(17-19-14)12-4-3-5-18-12/h6-7,12H,3-5,15H2,1-2H3. The van der Waals surface area contributed by atoms with Gasteiger partial charge in [0.05, 0.1) is 0 Å². The Kier molecular flexibility index (Phi) is 2.98. The minimum Gasteiger partial charge on any atom is -0.399 e. The zero-order valence-corrected chi connectivity index (χ0v) is 11.1. The summed E-state index contributed by atoms with van der Waals surface area (Å²) < 4.78 is 10.9. The molecule has 1 saturated heterocycles. The van der Waals surface area contributed by atoms with E-state index in [0.29, 0.717) is 17.4 Å². The molecule has 1 aromatic carbocycles. The first-order chi connectivity index (χ1) is 9.15. The first-order valence-electron chi connectivity index (χ1n) is 6.47. The van der Waals surface area contributed by atoms with Crippen LogP contribution in [-0.4, -0.2) is 16.7 Å². The molecule has 1 atom stereocenters. The van der Waals surface area contributed by atoms with Crippen LogP contribution in [0, 0.1) is 13.8 Å². The number of aryl methyl sites for hydroxylation is 1. The molecule has 1 aliphatic heterocycles. The average Bonchev–Trinajstić information content (AvgIpc) is 3.03. The van der Waals surface area contributed by atoms with Crippen molar-refractivity contribution >= 4 is 5.69 Å². The number of rotatable bonds is 2. The third kappa shape index (κ3) is 2.21. The van der Waals surface area contributed by atoms with Crippen molar-refractivity contribution in [1.82, 2.24) is 10.1 Å². The second-order valence-corrected chi connectivity index (χ2v) is 4.97. The minimum absolute atomic E-state index is 0.0278. The molecule has 0 spiro atoms. The zero-order valence-electron chi connectivity index (χ0n) is 11.1. The van der Waals surface area contributed by atoms with E-state index in [4.69, 9.17) is 15.0 Å². The number of nitrogen functional groups attached to an aromatic ring is 1. The largest absolute Gasteiger partial charge is 0.399 e. The lowest BCUT2D eigenvalue weighted by atomic mass is 10.0. The molecule has 100 valence electrons. The molecule has 0 saturated carbocycles. The average molecular weight is 259 g/mol. The number of benzene rings is 1. The fraction of sp³-hybridized carbons (Fsp3) is 0.429. The van der Waals surface area contributed by atoms with Gasteiger partial charge in [0.2, 0.25) is 5.82 Å². The van der Waals surface area contributed by atoms with Crippen molar-refractivity contribution in [3.05, 3.63) is 29.1 Å². The van der Waals surface area contributed by atoms with E-state index in [-0.39, 0.29) is 6.10 Å². The molecule has 2 N–H and O–H groups in total. The van der Waals surface area contributed by atoms with Gasteiger partial charge >= 0.3 is 0 Å². The Bertz CT molecular complexity index is 601. The smallest absolute Gasteiger partial charge is 0.258 e. The van der Waals surface area contributed by atoms with Crippen molar-refractivity contribution in [2.75, 3.05) is 12.3 Å². The summed E-state index contributed by atoms with van der Waals surface area (Å²) in [5.41, 5.74) is 9.71. The topological polar surface area (TPSA) is 74.2 Å². The number of hydrogen-bond acceptors (Lipinski definition) is 5. The molecule has 1 unspecified atom stereocenters. The maximum absolute atomic E-state index is 5.88. The first-order valence-corrected chi connectivity index (χ1v) is 6.47. The number of aromatic nitrogens is 2. The molecule has 0 radical (unpaired) electrons. The van der Waals surface area contributed by atoms with Crippen LogP contribution in [0.4, 0.5) is 5.69 Å². The van der Waals surface area contributed by atoms with Crippen LogP contribution in [-0.2, 0) is 4.74 Å². The van der Waals surface area contributed by atoms with E-state index in [0.717, 1.165) is 36.1 Å².